The quantitative estimate of drug-likeness (QED) is 0.408. The smallest absolute Gasteiger partial charge is 0.198 e. The van der Waals surface area contributed by atoms with E-state index in [0.29, 0.717) is 12.2 Å². The Balaban J connectivity index is 1.71. The number of furan rings is 1. The highest BCUT2D eigenvalue weighted by molar-refractivity contribution is 5.84. The molecule has 5 nitrogen and oxygen atoms in total. The van der Waals surface area contributed by atoms with Crippen molar-refractivity contribution in [2.45, 2.75) is 32.7 Å². The minimum atomic E-state index is 0.105. The summed E-state index contributed by atoms with van der Waals surface area (Å²) in [6.45, 7) is 7.20. The summed E-state index contributed by atoms with van der Waals surface area (Å²) in [6.07, 6.45) is 1.69. The van der Waals surface area contributed by atoms with Crippen molar-refractivity contribution in [2.75, 3.05) is 0 Å². The van der Waals surface area contributed by atoms with Crippen LogP contribution < -0.4 is 0 Å². The highest BCUT2D eigenvalue weighted by Crippen LogP contribution is 2.29. The van der Waals surface area contributed by atoms with Crippen LogP contribution in [0.5, 0.6) is 0 Å². The molecule has 0 aliphatic heterocycles. The first kappa shape index (κ1) is 17.6. The molecular formula is C24H22N4O. The fraction of sp³-hybridized carbons (Fsp3) is 0.208. The summed E-state index contributed by atoms with van der Waals surface area (Å²) in [7, 11) is 0. The molecule has 0 aliphatic carbocycles. The molecule has 2 aromatic carbocycles. The Morgan fingerprint density at radius 1 is 0.828 bits per heavy atom. The molecule has 0 aliphatic rings. The first-order valence-corrected chi connectivity index (χ1v) is 9.75. The maximum Gasteiger partial charge on any atom is 0.198 e. The normalized spacial score (nSPS) is 12.1. The first-order chi connectivity index (χ1) is 14.0. The zero-order valence-electron chi connectivity index (χ0n) is 16.8. The third-order valence-electron chi connectivity index (χ3n) is 5.16. The van der Waals surface area contributed by atoms with Gasteiger partial charge in [0.1, 0.15) is 11.6 Å². The third-order valence-corrected chi connectivity index (χ3v) is 5.16. The molecule has 0 atom stereocenters. The molecule has 0 spiro atoms. The van der Waals surface area contributed by atoms with Crippen LogP contribution in [-0.2, 0) is 12.0 Å². The van der Waals surface area contributed by atoms with Gasteiger partial charge in [-0.3, -0.25) is 4.57 Å². The van der Waals surface area contributed by atoms with E-state index in [4.69, 9.17) is 19.4 Å². The Bertz CT molecular complexity index is 1290. The second kappa shape index (κ2) is 6.55. The lowest BCUT2D eigenvalue weighted by atomic mass is 9.87. The Morgan fingerprint density at radius 2 is 1.55 bits per heavy atom. The summed E-state index contributed by atoms with van der Waals surface area (Å²) >= 11 is 0. The molecule has 3 heterocycles. The molecule has 5 heteroatoms. The average molecular weight is 382 g/mol. The van der Waals surface area contributed by atoms with Crippen molar-refractivity contribution >= 4 is 22.3 Å². The summed E-state index contributed by atoms with van der Waals surface area (Å²) in [5.74, 6) is 1.69. The number of para-hydroxylation sites is 2. The van der Waals surface area contributed by atoms with E-state index in [2.05, 4.69) is 49.6 Å². The largest absolute Gasteiger partial charge is 0.467 e. The standard InChI is InChI=1S/C24H22N4O/c1-24(2,3)17-12-10-16(11-13-17)22-27-21-23(28(22)15-18-7-6-14-29-18)26-20-9-5-4-8-19(20)25-21/h4-14H,15H2,1-3H3. The molecule has 5 rings (SSSR count). The monoisotopic (exact) mass is 382 g/mol. The summed E-state index contributed by atoms with van der Waals surface area (Å²) in [5, 5.41) is 0. The number of fused-ring (bicyclic) bond motifs is 2. The predicted molar refractivity (Wildman–Crippen MR) is 115 cm³/mol. The van der Waals surface area contributed by atoms with Crippen LogP contribution in [0.4, 0.5) is 0 Å². The SMILES string of the molecule is CC(C)(C)c1ccc(-c2nc3nc4ccccc4nc3n2Cc2ccco2)cc1. The van der Waals surface area contributed by atoms with Crippen LogP contribution >= 0.6 is 0 Å². The Labute approximate surface area is 169 Å². The van der Waals surface area contributed by atoms with Gasteiger partial charge in [-0.15, -0.1) is 0 Å². The molecule has 29 heavy (non-hydrogen) atoms. The van der Waals surface area contributed by atoms with Gasteiger partial charge in [0.15, 0.2) is 11.3 Å². The first-order valence-electron chi connectivity index (χ1n) is 9.75. The lowest BCUT2D eigenvalue weighted by molar-refractivity contribution is 0.496. The second-order valence-corrected chi connectivity index (χ2v) is 8.29. The minimum Gasteiger partial charge on any atom is -0.467 e. The highest BCUT2D eigenvalue weighted by atomic mass is 16.3. The number of aromatic nitrogens is 4. The van der Waals surface area contributed by atoms with E-state index in [1.807, 2.05) is 36.4 Å². The van der Waals surface area contributed by atoms with E-state index in [-0.39, 0.29) is 5.41 Å². The van der Waals surface area contributed by atoms with Crippen LogP contribution in [0.1, 0.15) is 32.1 Å². The van der Waals surface area contributed by atoms with Gasteiger partial charge < -0.3 is 4.42 Å². The predicted octanol–water partition coefficient (Wildman–Crippen LogP) is 5.59. The van der Waals surface area contributed by atoms with E-state index in [0.717, 1.165) is 33.8 Å². The van der Waals surface area contributed by atoms with Crippen LogP contribution in [0.15, 0.2) is 71.3 Å². The fourth-order valence-electron chi connectivity index (χ4n) is 3.55. The van der Waals surface area contributed by atoms with Crippen LogP contribution in [0.2, 0.25) is 0 Å². The maximum atomic E-state index is 5.60. The number of benzene rings is 2. The molecule has 144 valence electrons. The summed E-state index contributed by atoms with van der Waals surface area (Å²) in [5.41, 5.74) is 5.53. The maximum absolute atomic E-state index is 5.60. The van der Waals surface area contributed by atoms with Crippen LogP contribution in [-0.4, -0.2) is 19.5 Å². The number of imidazole rings is 1. The average Bonchev–Trinajstić information content (AvgIpc) is 3.34. The van der Waals surface area contributed by atoms with Gasteiger partial charge in [0, 0.05) is 5.56 Å². The molecule has 0 bridgehead atoms. The van der Waals surface area contributed by atoms with Crippen LogP contribution in [0, 0.1) is 0 Å². The van der Waals surface area contributed by atoms with Gasteiger partial charge in [-0.05, 0) is 35.2 Å². The molecule has 3 aromatic heterocycles. The fourth-order valence-corrected chi connectivity index (χ4v) is 3.55. The van der Waals surface area contributed by atoms with Crippen molar-refractivity contribution in [2.24, 2.45) is 0 Å². The number of rotatable bonds is 3. The third kappa shape index (κ3) is 3.18. The van der Waals surface area contributed by atoms with Gasteiger partial charge in [-0.25, -0.2) is 15.0 Å². The summed E-state index contributed by atoms with van der Waals surface area (Å²) < 4.78 is 7.68. The van der Waals surface area contributed by atoms with E-state index in [9.17, 15) is 0 Å². The summed E-state index contributed by atoms with van der Waals surface area (Å²) in [6, 6.07) is 20.3. The van der Waals surface area contributed by atoms with Gasteiger partial charge in [0.05, 0.1) is 23.8 Å². The minimum absolute atomic E-state index is 0.105. The van der Waals surface area contributed by atoms with Crippen LogP contribution in [0.3, 0.4) is 0 Å². The topological polar surface area (TPSA) is 56.7 Å². The lowest BCUT2D eigenvalue weighted by Gasteiger charge is -2.19. The number of hydrogen-bond acceptors (Lipinski definition) is 4. The Hall–Kier alpha value is -3.47. The Morgan fingerprint density at radius 3 is 2.21 bits per heavy atom. The van der Waals surface area contributed by atoms with Crippen molar-refractivity contribution in [1.29, 1.82) is 0 Å². The van der Waals surface area contributed by atoms with Gasteiger partial charge in [-0.2, -0.15) is 0 Å². The molecule has 0 saturated heterocycles. The molecule has 0 fully saturated rings. The highest BCUT2D eigenvalue weighted by Gasteiger charge is 2.18. The van der Waals surface area contributed by atoms with Crippen molar-refractivity contribution in [3.05, 3.63) is 78.3 Å². The zero-order valence-corrected chi connectivity index (χ0v) is 16.8. The van der Waals surface area contributed by atoms with E-state index < -0.39 is 0 Å². The van der Waals surface area contributed by atoms with E-state index >= 15 is 0 Å². The van der Waals surface area contributed by atoms with E-state index in [1.165, 1.54) is 5.56 Å². The second-order valence-electron chi connectivity index (χ2n) is 8.29. The Kier molecular flexibility index (Phi) is 3.98. The lowest BCUT2D eigenvalue weighted by Crippen LogP contribution is -2.10. The van der Waals surface area contributed by atoms with Gasteiger partial charge >= 0.3 is 0 Å². The molecule has 0 unspecified atom stereocenters. The van der Waals surface area contributed by atoms with Gasteiger partial charge in [-0.1, -0.05) is 57.2 Å². The molecule has 0 saturated carbocycles. The van der Waals surface area contributed by atoms with Crippen molar-refractivity contribution < 1.29 is 4.42 Å². The van der Waals surface area contributed by atoms with Crippen molar-refractivity contribution in [3.63, 3.8) is 0 Å². The zero-order chi connectivity index (χ0) is 20.0. The number of hydrogen-bond donors (Lipinski definition) is 0. The van der Waals surface area contributed by atoms with Crippen LogP contribution in [0.25, 0.3) is 33.7 Å². The van der Waals surface area contributed by atoms with Gasteiger partial charge in [0.25, 0.3) is 0 Å². The molecular weight excluding hydrogens is 360 g/mol. The van der Waals surface area contributed by atoms with Gasteiger partial charge in [0.2, 0.25) is 0 Å². The van der Waals surface area contributed by atoms with Crippen molar-refractivity contribution in [3.8, 4) is 11.4 Å². The van der Waals surface area contributed by atoms with Crippen molar-refractivity contribution in [1.82, 2.24) is 19.5 Å². The number of nitrogens with zero attached hydrogens (tertiary/aromatic N) is 4. The molecule has 0 amide bonds. The molecule has 5 aromatic rings. The van der Waals surface area contributed by atoms with E-state index in [1.54, 1.807) is 6.26 Å². The summed E-state index contributed by atoms with van der Waals surface area (Å²) in [4.78, 5) is 14.5. The molecule has 0 N–H and O–H groups in total. The molecule has 0 radical (unpaired) electrons.